The number of fused-ring (bicyclic) bond motifs is 1. The molecule has 1 fully saturated rings. The Morgan fingerprint density at radius 3 is 2.89 bits per heavy atom. The maximum Gasteiger partial charge on any atom is 0.136 e. The van der Waals surface area contributed by atoms with E-state index in [2.05, 4.69) is 27.1 Å². The average molecular weight is 244 g/mol. The minimum atomic E-state index is 1.09. The van der Waals surface area contributed by atoms with Gasteiger partial charge in [0, 0.05) is 5.69 Å². The average Bonchev–Trinajstić information content (AvgIpc) is 3.04. The predicted octanol–water partition coefficient (Wildman–Crippen LogP) is 2.15. The second kappa shape index (κ2) is 5.48. The molecule has 4 heteroatoms. The Labute approximate surface area is 108 Å². The Morgan fingerprint density at radius 1 is 1.11 bits per heavy atom. The number of hydrogen-bond acceptors (Lipinski definition) is 3. The van der Waals surface area contributed by atoms with Crippen molar-refractivity contribution in [3.63, 3.8) is 0 Å². The van der Waals surface area contributed by atoms with Gasteiger partial charge in [0.1, 0.15) is 6.33 Å². The molecule has 18 heavy (non-hydrogen) atoms. The number of nitrogens with zero attached hydrogens (tertiary/aromatic N) is 4. The quantitative estimate of drug-likeness (QED) is 0.756. The van der Waals surface area contributed by atoms with Gasteiger partial charge in [0.05, 0.1) is 11.7 Å². The van der Waals surface area contributed by atoms with Crippen molar-refractivity contribution < 1.29 is 0 Å². The molecule has 0 aliphatic carbocycles. The second-order valence-corrected chi connectivity index (χ2v) is 5.08. The van der Waals surface area contributed by atoms with Crippen molar-refractivity contribution in [2.24, 2.45) is 0 Å². The van der Waals surface area contributed by atoms with Gasteiger partial charge in [0.2, 0.25) is 0 Å². The summed E-state index contributed by atoms with van der Waals surface area (Å²) in [6, 6.07) is 4.26. The summed E-state index contributed by atoms with van der Waals surface area (Å²) in [7, 11) is 0. The maximum atomic E-state index is 4.29. The minimum Gasteiger partial charge on any atom is -0.303 e. The molecule has 0 unspecified atom stereocenters. The van der Waals surface area contributed by atoms with Crippen LogP contribution in [-0.2, 0) is 6.42 Å². The summed E-state index contributed by atoms with van der Waals surface area (Å²) in [4.78, 5) is 6.62. The first kappa shape index (κ1) is 11.7. The van der Waals surface area contributed by atoms with E-state index < -0.39 is 0 Å². The van der Waals surface area contributed by atoms with E-state index in [9.17, 15) is 0 Å². The molecule has 0 saturated carbocycles. The summed E-state index contributed by atoms with van der Waals surface area (Å²) < 4.78 is 2.00. The molecule has 0 spiro atoms. The molecule has 2 aromatic rings. The van der Waals surface area contributed by atoms with Crippen LogP contribution in [0.2, 0.25) is 0 Å². The Morgan fingerprint density at radius 2 is 2.00 bits per heavy atom. The summed E-state index contributed by atoms with van der Waals surface area (Å²) in [5.74, 6) is 0. The van der Waals surface area contributed by atoms with Crippen LogP contribution in [0.15, 0.2) is 24.7 Å². The Kier molecular flexibility index (Phi) is 3.55. The van der Waals surface area contributed by atoms with E-state index in [1.165, 1.54) is 51.0 Å². The molecule has 0 radical (unpaired) electrons. The first-order chi connectivity index (χ1) is 8.93. The fourth-order valence-electron chi connectivity index (χ4n) is 2.76. The summed E-state index contributed by atoms with van der Waals surface area (Å²) in [5, 5.41) is 4.29. The smallest absolute Gasteiger partial charge is 0.136 e. The summed E-state index contributed by atoms with van der Waals surface area (Å²) in [5.41, 5.74) is 2.39. The molecule has 0 bridgehead atoms. The minimum absolute atomic E-state index is 1.09. The van der Waals surface area contributed by atoms with Crippen LogP contribution in [0.3, 0.4) is 0 Å². The Hall–Kier alpha value is -1.42. The highest BCUT2D eigenvalue weighted by atomic mass is 15.2. The topological polar surface area (TPSA) is 33.4 Å². The predicted molar refractivity (Wildman–Crippen MR) is 71.6 cm³/mol. The zero-order valence-corrected chi connectivity index (χ0v) is 10.8. The van der Waals surface area contributed by atoms with Crippen molar-refractivity contribution >= 4 is 5.52 Å². The highest BCUT2D eigenvalue weighted by Gasteiger charge is 2.10. The van der Waals surface area contributed by atoms with Crippen LogP contribution in [0, 0.1) is 0 Å². The zero-order valence-electron chi connectivity index (χ0n) is 10.8. The van der Waals surface area contributed by atoms with E-state index in [-0.39, 0.29) is 0 Å². The van der Waals surface area contributed by atoms with Crippen LogP contribution in [0.25, 0.3) is 5.52 Å². The molecule has 0 N–H and O–H groups in total. The van der Waals surface area contributed by atoms with Gasteiger partial charge in [0.15, 0.2) is 0 Å². The molecule has 96 valence electrons. The van der Waals surface area contributed by atoms with E-state index in [1.807, 2.05) is 10.7 Å². The van der Waals surface area contributed by atoms with Crippen molar-refractivity contribution in [3.05, 3.63) is 30.4 Å². The lowest BCUT2D eigenvalue weighted by molar-refractivity contribution is 0.330. The third-order valence-corrected chi connectivity index (χ3v) is 3.76. The van der Waals surface area contributed by atoms with Crippen molar-refractivity contribution in [1.82, 2.24) is 19.5 Å². The van der Waals surface area contributed by atoms with Crippen LogP contribution in [0.1, 0.15) is 31.4 Å². The molecule has 2 aromatic heterocycles. The standard InChI is InChI=1S/C14H20N4/c1(2-8-17-9-3-4-10-17)5-13-6-7-14-11-15-12-16-18(13)14/h6-7,11-12H,1-5,8-10H2. The molecule has 3 rings (SSSR count). The third kappa shape index (κ3) is 2.53. The van der Waals surface area contributed by atoms with E-state index in [4.69, 9.17) is 0 Å². The van der Waals surface area contributed by atoms with Gasteiger partial charge >= 0.3 is 0 Å². The fourth-order valence-corrected chi connectivity index (χ4v) is 2.76. The molecule has 0 atom stereocenters. The lowest BCUT2D eigenvalue weighted by atomic mass is 10.2. The lowest BCUT2D eigenvalue weighted by Gasteiger charge is -2.13. The van der Waals surface area contributed by atoms with E-state index >= 15 is 0 Å². The van der Waals surface area contributed by atoms with Gasteiger partial charge in [-0.2, -0.15) is 5.10 Å². The van der Waals surface area contributed by atoms with E-state index in [1.54, 1.807) is 6.33 Å². The monoisotopic (exact) mass is 244 g/mol. The molecule has 1 saturated heterocycles. The molecule has 0 aromatic carbocycles. The maximum absolute atomic E-state index is 4.29. The van der Waals surface area contributed by atoms with Gasteiger partial charge in [-0.25, -0.2) is 9.50 Å². The van der Waals surface area contributed by atoms with Gasteiger partial charge in [-0.3, -0.25) is 0 Å². The van der Waals surface area contributed by atoms with Gasteiger partial charge in [-0.15, -0.1) is 0 Å². The molecular formula is C14H20N4. The van der Waals surface area contributed by atoms with Gasteiger partial charge in [-0.1, -0.05) is 0 Å². The SMILES string of the molecule is c1ncc2ccc(CCCCN3CCCC3)n2n1. The number of aryl methyl sites for hydroxylation is 1. The number of hydrogen-bond donors (Lipinski definition) is 0. The largest absolute Gasteiger partial charge is 0.303 e. The highest BCUT2D eigenvalue weighted by Crippen LogP contribution is 2.12. The highest BCUT2D eigenvalue weighted by molar-refractivity contribution is 5.45. The molecule has 1 aliphatic rings. The number of unbranched alkanes of at least 4 members (excludes halogenated alkanes) is 1. The molecular weight excluding hydrogens is 224 g/mol. The lowest BCUT2D eigenvalue weighted by Crippen LogP contribution is -2.20. The van der Waals surface area contributed by atoms with Crippen LogP contribution >= 0.6 is 0 Å². The zero-order chi connectivity index (χ0) is 12.2. The van der Waals surface area contributed by atoms with E-state index in [0.717, 1.165) is 11.9 Å². The number of aromatic nitrogens is 3. The van der Waals surface area contributed by atoms with Crippen molar-refractivity contribution in [2.75, 3.05) is 19.6 Å². The fraction of sp³-hybridized carbons (Fsp3) is 0.571. The summed E-state index contributed by atoms with van der Waals surface area (Å²) in [6.07, 6.45) is 9.89. The van der Waals surface area contributed by atoms with Crippen LogP contribution in [-0.4, -0.2) is 39.1 Å². The first-order valence-corrected chi connectivity index (χ1v) is 6.92. The molecule has 3 heterocycles. The van der Waals surface area contributed by atoms with Crippen LogP contribution in [0.5, 0.6) is 0 Å². The normalized spacial score (nSPS) is 16.7. The van der Waals surface area contributed by atoms with Crippen LogP contribution in [0.4, 0.5) is 0 Å². The van der Waals surface area contributed by atoms with Gasteiger partial charge in [-0.05, 0) is 63.9 Å². The summed E-state index contributed by atoms with van der Waals surface area (Å²) in [6.45, 7) is 3.88. The number of rotatable bonds is 5. The Bertz CT molecular complexity index is 499. The molecule has 4 nitrogen and oxygen atoms in total. The first-order valence-electron chi connectivity index (χ1n) is 6.92. The molecule has 1 aliphatic heterocycles. The molecule has 0 amide bonds. The third-order valence-electron chi connectivity index (χ3n) is 3.76. The van der Waals surface area contributed by atoms with Crippen molar-refractivity contribution in [1.29, 1.82) is 0 Å². The van der Waals surface area contributed by atoms with Gasteiger partial charge in [0.25, 0.3) is 0 Å². The van der Waals surface area contributed by atoms with Gasteiger partial charge < -0.3 is 4.90 Å². The number of likely N-dealkylation sites (tertiary alicyclic amines) is 1. The Balaban J connectivity index is 1.50. The van der Waals surface area contributed by atoms with Crippen molar-refractivity contribution in [2.45, 2.75) is 32.1 Å². The van der Waals surface area contributed by atoms with Crippen LogP contribution < -0.4 is 0 Å². The second-order valence-electron chi connectivity index (χ2n) is 5.08. The van der Waals surface area contributed by atoms with Crippen molar-refractivity contribution in [3.8, 4) is 0 Å². The summed E-state index contributed by atoms with van der Waals surface area (Å²) >= 11 is 0. The van der Waals surface area contributed by atoms with E-state index in [0.29, 0.717) is 0 Å².